The number of hydrogen-bond acceptors (Lipinski definition) is 5. The average molecular weight is 587 g/mol. The second-order valence-corrected chi connectivity index (χ2v) is 9.41. The van der Waals surface area contributed by atoms with Gasteiger partial charge < -0.3 is 24.4 Å². The van der Waals surface area contributed by atoms with E-state index in [1.54, 1.807) is 17.2 Å². The summed E-state index contributed by atoms with van der Waals surface area (Å²) < 4.78 is 45.4. The molecule has 0 spiro atoms. The van der Waals surface area contributed by atoms with Gasteiger partial charge in [0.15, 0.2) is 23.8 Å². The largest absolute Gasteiger partial charge is 0.448 e. The molecule has 8 nitrogen and oxygen atoms in total. The number of aromatic nitrogens is 1. The van der Waals surface area contributed by atoms with Crippen LogP contribution in [0.1, 0.15) is 18.1 Å². The van der Waals surface area contributed by atoms with Gasteiger partial charge in [-0.15, -0.1) is 0 Å². The Morgan fingerprint density at radius 3 is 2.62 bits per heavy atom. The summed E-state index contributed by atoms with van der Waals surface area (Å²) in [6.07, 6.45) is 4.73. The Labute approximate surface area is 207 Å². The van der Waals surface area contributed by atoms with Gasteiger partial charge in [-0.2, -0.15) is 0 Å². The molecule has 2 atom stereocenters. The number of benzene rings is 1. The van der Waals surface area contributed by atoms with Crippen molar-refractivity contribution in [3.63, 3.8) is 0 Å². The fraction of sp³-hybridized carbons (Fsp3) is 0.318. The first-order chi connectivity index (χ1) is 16.2. The maximum absolute atomic E-state index is 13.6. The first-order valence-electron chi connectivity index (χ1n) is 10.3. The first-order valence-corrected chi connectivity index (χ1v) is 11.6. The van der Waals surface area contributed by atoms with Gasteiger partial charge in [-0.1, -0.05) is 29.2 Å². The lowest BCUT2D eigenvalue weighted by molar-refractivity contribution is -0.126. The molecule has 4 rings (SSSR count). The number of amides is 3. The van der Waals surface area contributed by atoms with Crippen molar-refractivity contribution < 1.29 is 27.2 Å². The van der Waals surface area contributed by atoms with Crippen LogP contribution in [0.15, 0.2) is 53.2 Å². The quantitative estimate of drug-likeness (QED) is 0.253. The van der Waals surface area contributed by atoms with Crippen LogP contribution in [0, 0.1) is 17.5 Å². The van der Waals surface area contributed by atoms with Crippen LogP contribution in [0.5, 0.6) is 0 Å². The molecule has 2 fully saturated rings. The second-order valence-electron chi connectivity index (χ2n) is 7.97. The van der Waals surface area contributed by atoms with Gasteiger partial charge in [0, 0.05) is 50.3 Å². The van der Waals surface area contributed by atoms with E-state index in [1.807, 2.05) is 11.9 Å². The maximum atomic E-state index is 13.6. The number of allylic oxidation sites excluding steroid dienone is 1. The Morgan fingerprint density at radius 2 is 2.00 bits per heavy atom. The number of oxazole rings is 1. The molecule has 0 bridgehead atoms. The van der Waals surface area contributed by atoms with Crippen molar-refractivity contribution in [3.8, 4) is 0 Å². The van der Waals surface area contributed by atoms with Crippen LogP contribution in [0.2, 0.25) is 0 Å². The van der Waals surface area contributed by atoms with Gasteiger partial charge in [-0.05, 0) is 6.08 Å². The molecule has 12 heteroatoms. The lowest BCUT2D eigenvalue weighted by atomic mass is 10.1. The molecule has 3 heterocycles. The van der Waals surface area contributed by atoms with Gasteiger partial charge in [0.05, 0.1) is 24.1 Å². The molecule has 1 aromatic heterocycles. The van der Waals surface area contributed by atoms with Gasteiger partial charge in [-0.3, -0.25) is 4.79 Å². The van der Waals surface area contributed by atoms with Crippen LogP contribution in [-0.4, -0.2) is 62.4 Å². The fourth-order valence-electron chi connectivity index (χ4n) is 4.06. The standard InChI is InChI=1S/C22H21F3IN5O3/c1-3-16(30-8-12(4-20(30)32)18-7-27-11-34-18)17-9-31(19(26)10-29(17)2)22(33)28-13-5-14(23)21(25)15(24)6-13/h3,5-7,11-12,19H,1,4,8-10H2,2H3,(H,28,33)/b17-16+/t12?,19-/m1/s1. The molecule has 1 unspecified atom stereocenters. The number of carbonyl (C=O) groups excluding carboxylic acids is 2. The van der Waals surface area contributed by atoms with E-state index >= 15 is 0 Å². The summed E-state index contributed by atoms with van der Waals surface area (Å²) in [4.78, 5) is 34.7. The lowest BCUT2D eigenvalue weighted by Crippen LogP contribution is -2.52. The minimum atomic E-state index is -1.61. The van der Waals surface area contributed by atoms with E-state index in [0.717, 1.165) is 0 Å². The Hall–Kier alpha value is -3.03. The van der Waals surface area contributed by atoms with Gasteiger partial charge in [0.2, 0.25) is 5.91 Å². The number of anilines is 1. The molecule has 2 aliphatic heterocycles. The van der Waals surface area contributed by atoms with E-state index in [4.69, 9.17) is 4.42 Å². The molecule has 0 saturated carbocycles. The lowest BCUT2D eigenvalue weighted by Gasteiger charge is -2.41. The molecule has 3 amide bonds. The number of piperazine rings is 1. The smallest absolute Gasteiger partial charge is 0.323 e. The summed E-state index contributed by atoms with van der Waals surface area (Å²) in [5.41, 5.74) is 1.04. The predicted molar refractivity (Wildman–Crippen MR) is 125 cm³/mol. The summed E-state index contributed by atoms with van der Waals surface area (Å²) in [6, 6.07) is 0.811. The fourth-order valence-corrected chi connectivity index (χ4v) is 5.10. The van der Waals surface area contributed by atoms with Gasteiger partial charge in [0.1, 0.15) is 9.81 Å². The molecule has 0 aliphatic carbocycles. The Bertz CT molecular complexity index is 1130. The van der Waals surface area contributed by atoms with Crippen molar-refractivity contribution in [1.29, 1.82) is 0 Å². The Morgan fingerprint density at radius 1 is 1.29 bits per heavy atom. The molecule has 1 aromatic carbocycles. The molecular weight excluding hydrogens is 566 g/mol. The molecule has 2 aliphatic rings. The topological polar surface area (TPSA) is 81.9 Å². The first kappa shape index (κ1) is 24.1. The highest BCUT2D eigenvalue weighted by Gasteiger charge is 2.38. The zero-order chi connectivity index (χ0) is 24.6. The van der Waals surface area contributed by atoms with Crippen LogP contribution < -0.4 is 5.32 Å². The number of halogens is 4. The number of urea groups is 1. The van der Waals surface area contributed by atoms with Gasteiger partial charge in [-0.25, -0.2) is 22.9 Å². The molecule has 2 saturated heterocycles. The summed E-state index contributed by atoms with van der Waals surface area (Å²) in [5.74, 6) is -4.05. The number of alkyl halides is 1. The van der Waals surface area contributed by atoms with E-state index in [2.05, 4.69) is 39.5 Å². The van der Waals surface area contributed by atoms with Crippen LogP contribution in [-0.2, 0) is 4.79 Å². The summed E-state index contributed by atoms with van der Waals surface area (Å²) in [6.45, 7) is 4.79. The van der Waals surface area contributed by atoms with Crippen LogP contribution in [0.4, 0.5) is 23.7 Å². The summed E-state index contributed by atoms with van der Waals surface area (Å²) in [5, 5.41) is 2.42. The Balaban J connectivity index is 1.57. The van der Waals surface area contributed by atoms with E-state index in [1.165, 1.54) is 11.3 Å². The summed E-state index contributed by atoms with van der Waals surface area (Å²) >= 11 is 2.09. The van der Waals surface area contributed by atoms with E-state index in [9.17, 15) is 22.8 Å². The van der Waals surface area contributed by atoms with Crippen molar-refractivity contribution >= 4 is 40.2 Å². The SMILES string of the molecule is C=C/C(=C1/CN(C(=O)Nc2cc(F)c(F)c(F)c2)[C@@H](I)CN1C)N1CC(c2cnco2)CC1=O. The number of hydrogen-bond donors (Lipinski definition) is 1. The Kier molecular flexibility index (Phi) is 6.86. The minimum Gasteiger partial charge on any atom is -0.448 e. The highest BCUT2D eigenvalue weighted by molar-refractivity contribution is 14.1. The average Bonchev–Trinajstić information content (AvgIpc) is 3.44. The highest BCUT2D eigenvalue weighted by Crippen LogP contribution is 2.33. The van der Waals surface area contributed by atoms with Crippen molar-refractivity contribution in [1.82, 2.24) is 19.7 Å². The third kappa shape index (κ3) is 4.63. The summed E-state index contributed by atoms with van der Waals surface area (Å²) in [7, 11) is 1.85. The number of nitrogens with zero attached hydrogens (tertiary/aromatic N) is 4. The van der Waals surface area contributed by atoms with Crippen molar-refractivity contribution in [3.05, 3.63) is 72.0 Å². The van der Waals surface area contributed by atoms with Crippen LogP contribution >= 0.6 is 22.6 Å². The molecule has 180 valence electrons. The van der Waals surface area contributed by atoms with E-state index in [0.29, 0.717) is 42.4 Å². The van der Waals surface area contributed by atoms with Crippen molar-refractivity contribution in [2.45, 2.75) is 16.4 Å². The zero-order valence-corrected chi connectivity index (χ0v) is 20.3. The molecular formula is C22H21F3IN5O3. The van der Waals surface area contributed by atoms with Gasteiger partial charge in [0.25, 0.3) is 0 Å². The van der Waals surface area contributed by atoms with Crippen molar-refractivity contribution in [2.24, 2.45) is 0 Å². The molecule has 0 radical (unpaired) electrons. The molecule has 2 aromatic rings. The third-order valence-corrected chi connectivity index (χ3v) is 6.86. The number of rotatable bonds is 4. The number of carbonyl (C=O) groups is 2. The number of likely N-dealkylation sites (N-methyl/N-ethyl adjacent to an activating group) is 1. The highest BCUT2D eigenvalue weighted by atomic mass is 127. The van der Waals surface area contributed by atoms with Gasteiger partial charge >= 0.3 is 6.03 Å². The number of likely N-dealkylation sites (tertiary alicyclic amines) is 1. The molecule has 1 N–H and O–H groups in total. The van der Waals surface area contributed by atoms with Crippen LogP contribution in [0.25, 0.3) is 0 Å². The predicted octanol–water partition coefficient (Wildman–Crippen LogP) is 4.05. The van der Waals surface area contributed by atoms with E-state index < -0.39 is 23.5 Å². The number of nitrogens with one attached hydrogen (secondary N) is 1. The van der Waals surface area contributed by atoms with Crippen molar-refractivity contribution in [2.75, 3.05) is 32.0 Å². The third-order valence-electron chi connectivity index (χ3n) is 5.80. The monoisotopic (exact) mass is 587 g/mol. The normalized spacial score (nSPS) is 22.3. The zero-order valence-electron chi connectivity index (χ0n) is 18.1. The second kappa shape index (κ2) is 9.68. The van der Waals surface area contributed by atoms with Crippen LogP contribution in [0.3, 0.4) is 0 Å². The minimum absolute atomic E-state index is 0.109. The molecule has 34 heavy (non-hydrogen) atoms. The van der Waals surface area contributed by atoms with E-state index in [-0.39, 0.29) is 34.5 Å². The maximum Gasteiger partial charge on any atom is 0.323 e.